The monoisotopic (exact) mass is 563 g/mol. The molecule has 0 amide bonds. The van der Waals surface area contributed by atoms with Crippen molar-refractivity contribution in [2.75, 3.05) is 0 Å². The molecule has 3 aromatic heterocycles. The number of aromatic nitrogens is 9. The lowest BCUT2D eigenvalue weighted by atomic mass is 10.3. The Hall–Kier alpha value is -4.19. The van der Waals surface area contributed by atoms with Crippen LogP contribution >= 0.6 is 22.6 Å². The number of aromatic amines is 1. The minimum absolute atomic E-state index is 1.03. The number of rotatable bonds is 2. The van der Waals surface area contributed by atoms with Crippen molar-refractivity contribution in [2.45, 2.75) is 0 Å². The topological polar surface area (TPSA) is 103 Å². The van der Waals surface area contributed by atoms with E-state index in [-0.39, 0.29) is 0 Å². The maximum absolute atomic E-state index is 3.99. The summed E-state index contributed by atoms with van der Waals surface area (Å²) in [5.41, 5.74) is 2.06. The third kappa shape index (κ3) is 9.12. The predicted octanol–water partition coefficient (Wildman–Crippen LogP) is 4.63. The fourth-order valence-corrected chi connectivity index (χ4v) is 2.84. The molecule has 9 nitrogen and oxygen atoms in total. The number of hydrogen-bond acceptors (Lipinski definition) is 6. The lowest BCUT2D eigenvalue weighted by molar-refractivity contribution is 0.879. The molecule has 6 aromatic rings. The zero-order chi connectivity index (χ0) is 23.7. The summed E-state index contributed by atoms with van der Waals surface area (Å²) >= 11 is 2.28. The van der Waals surface area contributed by atoms with Crippen LogP contribution in [0.15, 0.2) is 129 Å². The number of H-pyrrole nitrogens is 1. The van der Waals surface area contributed by atoms with Crippen LogP contribution < -0.4 is 0 Å². The summed E-state index contributed by atoms with van der Waals surface area (Å²) in [5, 5.41) is 14.0. The van der Waals surface area contributed by atoms with Gasteiger partial charge in [0.2, 0.25) is 0 Å². The standard InChI is InChI=1S/2C8H7N3.C6H5I.C2H3N3/c2*1-2-4-8(5-3-1)11-7-9-6-10-11;7-6-4-2-1-3-5-6;1-3-2-5-4-1/h2*1-7H;1-5H;1-2H,(H,3,4,5). The van der Waals surface area contributed by atoms with Crippen LogP contribution in [0.2, 0.25) is 0 Å². The summed E-state index contributed by atoms with van der Waals surface area (Å²) in [5.74, 6) is 0. The van der Waals surface area contributed by atoms with E-state index in [1.807, 2.05) is 78.9 Å². The molecule has 0 saturated carbocycles. The van der Waals surface area contributed by atoms with Gasteiger partial charge in [0.1, 0.15) is 38.0 Å². The molecule has 0 aliphatic rings. The minimum atomic E-state index is 1.03. The number of benzene rings is 3. The summed E-state index contributed by atoms with van der Waals surface area (Å²) in [6.45, 7) is 0. The van der Waals surface area contributed by atoms with Crippen LogP contribution in [0.1, 0.15) is 0 Å². The maximum atomic E-state index is 3.99. The van der Waals surface area contributed by atoms with E-state index in [1.165, 1.54) is 28.9 Å². The van der Waals surface area contributed by atoms with Crippen LogP contribution in [0.4, 0.5) is 0 Å². The predicted molar refractivity (Wildman–Crippen MR) is 138 cm³/mol. The Morgan fingerprint density at radius 2 is 1.03 bits per heavy atom. The number of nitrogens with one attached hydrogen (secondary N) is 1. The number of hydrogen-bond donors (Lipinski definition) is 1. The first-order valence-corrected chi connectivity index (χ1v) is 11.2. The van der Waals surface area contributed by atoms with Gasteiger partial charge in [0.25, 0.3) is 0 Å². The molecule has 170 valence electrons. The Bertz CT molecular complexity index is 1140. The maximum Gasteiger partial charge on any atom is 0.138 e. The first-order chi connectivity index (χ1) is 16.8. The Balaban J connectivity index is 0.000000133. The fourth-order valence-electron chi connectivity index (χ4n) is 2.43. The Labute approximate surface area is 210 Å². The zero-order valence-corrected chi connectivity index (χ0v) is 20.2. The Morgan fingerprint density at radius 3 is 1.29 bits per heavy atom. The first kappa shape index (κ1) is 24.5. The van der Waals surface area contributed by atoms with E-state index in [0.29, 0.717) is 0 Å². The SMILES string of the molecule is Ic1ccccc1.c1ccc(-n2cncn2)cc1.c1ccc(-n2cncn2)cc1.c1nc[nH]n1. The van der Waals surface area contributed by atoms with Gasteiger partial charge in [0.05, 0.1) is 11.4 Å². The summed E-state index contributed by atoms with van der Waals surface area (Å²) in [6, 6.07) is 30.0. The third-order valence-corrected chi connectivity index (χ3v) is 4.66. The van der Waals surface area contributed by atoms with E-state index in [9.17, 15) is 0 Å². The van der Waals surface area contributed by atoms with Crippen LogP contribution in [0.25, 0.3) is 11.4 Å². The molecule has 0 spiro atoms. The van der Waals surface area contributed by atoms with E-state index in [1.54, 1.807) is 22.0 Å². The van der Waals surface area contributed by atoms with Crippen LogP contribution in [0, 0.1) is 3.57 Å². The fraction of sp³-hybridized carbons (Fsp3) is 0. The highest BCUT2D eigenvalue weighted by molar-refractivity contribution is 14.1. The highest BCUT2D eigenvalue weighted by Gasteiger charge is 1.92. The first-order valence-electron chi connectivity index (χ1n) is 10.1. The molecule has 10 heteroatoms. The van der Waals surface area contributed by atoms with Gasteiger partial charge < -0.3 is 0 Å². The molecule has 0 radical (unpaired) electrons. The van der Waals surface area contributed by atoms with Gasteiger partial charge in [-0.05, 0) is 59.0 Å². The van der Waals surface area contributed by atoms with Crippen molar-refractivity contribution in [3.8, 4) is 11.4 Å². The van der Waals surface area contributed by atoms with Crippen LogP contribution in [-0.4, -0.2) is 44.7 Å². The zero-order valence-electron chi connectivity index (χ0n) is 18.1. The van der Waals surface area contributed by atoms with E-state index in [4.69, 9.17) is 0 Å². The molecule has 0 aliphatic heterocycles. The second-order valence-corrected chi connectivity index (χ2v) is 7.54. The molecule has 3 heterocycles. The summed E-state index contributed by atoms with van der Waals surface area (Å²) < 4.78 is 4.74. The number of para-hydroxylation sites is 2. The normalized spacial score (nSPS) is 9.32. The number of halogens is 1. The third-order valence-electron chi connectivity index (χ3n) is 3.94. The van der Waals surface area contributed by atoms with Gasteiger partial charge in [-0.3, -0.25) is 5.10 Å². The molecular formula is C24H22IN9. The molecule has 0 aliphatic carbocycles. The largest absolute Gasteiger partial charge is 0.266 e. The summed E-state index contributed by atoms with van der Waals surface area (Å²) in [6.07, 6.45) is 9.35. The lowest BCUT2D eigenvalue weighted by Gasteiger charge is -1.96. The van der Waals surface area contributed by atoms with Crippen molar-refractivity contribution < 1.29 is 0 Å². The van der Waals surface area contributed by atoms with Crippen molar-refractivity contribution in [3.63, 3.8) is 0 Å². The molecule has 0 bridgehead atoms. The smallest absolute Gasteiger partial charge is 0.138 e. The minimum Gasteiger partial charge on any atom is -0.266 e. The van der Waals surface area contributed by atoms with Gasteiger partial charge in [-0.1, -0.05) is 54.6 Å². The average molecular weight is 563 g/mol. The van der Waals surface area contributed by atoms with Gasteiger partial charge in [-0.25, -0.2) is 24.3 Å². The molecule has 3 aromatic carbocycles. The van der Waals surface area contributed by atoms with E-state index in [0.717, 1.165) is 11.4 Å². The average Bonchev–Trinajstić information content (AvgIpc) is 3.71. The van der Waals surface area contributed by atoms with Crippen molar-refractivity contribution in [1.29, 1.82) is 0 Å². The van der Waals surface area contributed by atoms with Crippen molar-refractivity contribution in [2.24, 2.45) is 0 Å². The molecule has 34 heavy (non-hydrogen) atoms. The van der Waals surface area contributed by atoms with Gasteiger partial charge in [0.15, 0.2) is 0 Å². The highest BCUT2D eigenvalue weighted by Crippen LogP contribution is 2.03. The van der Waals surface area contributed by atoms with Gasteiger partial charge in [-0.15, -0.1) is 0 Å². The molecule has 0 unspecified atom stereocenters. The molecule has 0 fully saturated rings. The molecule has 0 saturated heterocycles. The molecule has 6 rings (SSSR count). The van der Waals surface area contributed by atoms with Crippen LogP contribution in [0.5, 0.6) is 0 Å². The van der Waals surface area contributed by atoms with Crippen molar-refractivity contribution >= 4 is 22.6 Å². The Morgan fingerprint density at radius 1 is 0.559 bits per heavy atom. The lowest BCUT2D eigenvalue weighted by Crippen LogP contribution is -1.92. The molecule has 0 atom stereocenters. The van der Waals surface area contributed by atoms with Gasteiger partial charge in [-0.2, -0.15) is 15.3 Å². The van der Waals surface area contributed by atoms with E-state index >= 15 is 0 Å². The van der Waals surface area contributed by atoms with Crippen molar-refractivity contribution in [3.05, 3.63) is 133 Å². The molecular weight excluding hydrogens is 541 g/mol. The number of nitrogens with zero attached hydrogens (tertiary/aromatic N) is 8. The van der Waals surface area contributed by atoms with Crippen LogP contribution in [-0.2, 0) is 0 Å². The highest BCUT2D eigenvalue weighted by atomic mass is 127. The van der Waals surface area contributed by atoms with E-state index < -0.39 is 0 Å². The van der Waals surface area contributed by atoms with Gasteiger partial charge >= 0.3 is 0 Å². The summed E-state index contributed by atoms with van der Waals surface area (Å²) in [7, 11) is 0. The quantitative estimate of drug-likeness (QED) is 0.308. The van der Waals surface area contributed by atoms with Crippen molar-refractivity contribution in [1.82, 2.24) is 44.7 Å². The second-order valence-electron chi connectivity index (χ2n) is 6.30. The summed E-state index contributed by atoms with van der Waals surface area (Å²) in [4.78, 5) is 11.3. The van der Waals surface area contributed by atoms with Crippen LogP contribution in [0.3, 0.4) is 0 Å². The second kappa shape index (κ2) is 14.8. The Kier molecular flexibility index (Phi) is 10.6. The van der Waals surface area contributed by atoms with Gasteiger partial charge in [0, 0.05) is 3.57 Å². The molecule has 1 N–H and O–H groups in total. The van der Waals surface area contributed by atoms with E-state index in [2.05, 4.69) is 70.1 Å².